The summed E-state index contributed by atoms with van der Waals surface area (Å²) in [6.45, 7) is 0. The van der Waals surface area contributed by atoms with Crippen LogP contribution in [0, 0.1) is 0 Å². The first-order valence-electron chi connectivity index (χ1n) is 7.40. The highest BCUT2D eigenvalue weighted by Crippen LogP contribution is 2.22. The van der Waals surface area contributed by atoms with Crippen molar-refractivity contribution < 1.29 is 9.90 Å². The topological polar surface area (TPSA) is 76.0 Å². The van der Waals surface area contributed by atoms with Crippen LogP contribution in [0.1, 0.15) is 11.1 Å². The minimum absolute atomic E-state index is 0.517. The van der Waals surface area contributed by atoms with Gasteiger partial charge < -0.3 is 5.11 Å². The fraction of sp³-hybridized carbons (Fsp3) is 0.0526. The minimum Gasteiger partial charge on any atom is -0.478 e. The molecule has 0 radical (unpaired) electrons. The van der Waals surface area contributed by atoms with Gasteiger partial charge in [0, 0.05) is 36.4 Å². The van der Waals surface area contributed by atoms with Gasteiger partial charge in [0.05, 0.1) is 0 Å². The number of benzene rings is 1. The molecule has 2 heterocycles. The first-order chi connectivity index (χ1) is 11.7. The summed E-state index contributed by atoms with van der Waals surface area (Å²) in [4.78, 5) is 23.2. The van der Waals surface area contributed by atoms with Crippen LogP contribution in [-0.2, 0) is 11.2 Å². The van der Waals surface area contributed by atoms with Gasteiger partial charge in [0.1, 0.15) is 6.33 Å². The Hall–Kier alpha value is -3.34. The van der Waals surface area contributed by atoms with Crippen molar-refractivity contribution in [1.82, 2.24) is 15.0 Å². The summed E-state index contributed by atoms with van der Waals surface area (Å²) < 4.78 is 0. The van der Waals surface area contributed by atoms with Crippen LogP contribution in [0.2, 0.25) is 0 Å². The molecule has 5 heteroatoms. The maximum atomic E-state index is 11.1. The Labute approximate surface area is 139 Å². The van der Waals surface area contributed by atoms with Crippen molar-refractivity contribution in [2.75, 3.05) is 0 Å². The smallest absolute Gasteiger partial charge is 0.328 e. The largest absolute Gasteiger partial charge is 0.478 e. The van der Waals surface area contributed by atoms with Crippen molar-refractivity contribution in [3.8, 4) is 11.1 Å². The van der Waals surface area contributed by atoms with Gasteiger partial charge in [-0.25, -0.2) is 14.8 Å². The number of allylic oxidation sites excluding steroid dienone is 1. The molecule has 0 fully saturated rings. The lowest BCUT2D eigenvalue weighted by Crippen LogP contribution is -1.97. The van der Waals surface area contributed by atoms with Crippen molar-refractivity contribution >= 4 is 11.5 Å². The van der Waals surface area contributed by atoms with Gasteiger partial charge in [0.15, 0.2) is 0 Å². The summed E-state index contributed by atoms with van der Waals surface area (Å²) in [5.41, 5.74) is 4.50. The second-order valence-corrected chi connectivity index (χ2v) is 5.25. The van der Waals surface area contributed by atoms with Crippen molar-refractivity contribution in [3.05, 3.63) is 84.7 Å². The molecule has 0 aliphatic heterocycles. The van der Waals surface area contributed by atoms with E-state index in [9.17, 15) is 4.79 Å². The molecular formula is C19H15N3O2. The predicted octanol–water partition coefficient (Wildman–Crippen LogP) is 3.25. The van der Waals surface area contributed by atoms with Crippen LogP contribution in [-0.4, -0.2) is 26.0 Å². The third-order valence-electron chi connectivity index (χ3n) is 3.57. The zero-order valence-corrected chi connectivity index (χ0v) is 12.8. The van der Waals surface area contributed by atoms with Gasteiger partial charge in [-0.15, -0.1) is 0 Å². The van der Waals surface area contributed by atoms with Gasteiger partial charge in [-0.3, -0.25) is 4.98 Å². The number of aliphatic carboxylic acids is 1. The van der Waals surface area contributed by atoms with E-state index in [1.165, 1.54) is 12.4 Å². The van der Waals surface area contributed by atoms with Gasteiger partial charge in [-0.05, 0) is 34.8 Å². The highest BCUT2D eigenvalue weighted by molar-refractivity contribution is 5.90. The van der Waals surface area contributed by atoms with Crippen molar-refractivity contribution in [2.24, 2.45) is 0 Å². The highest BCUT2D eigenvalue weighted by Gasteiger charge is 2.07. The Kier molecular flexibility index (Phi) is 4.72. The lowest BCUT2D eigenvalue weighted by Gasteiger charge is -2.08. The molecule has 24 heavy (non-hydrogen) atoms. The number of aromatic nitrogens is 3. The fourth-order valence-corrected chi connectivity index (χ4v) is 2.42. The van der Waals surface area contributed by atoms with E-state index in [-0.39, 0.29) is 0 Å². The summed E-state index contributed by atoms with van der Waals surface area (Å²) in [6.07, 6.45) is 10.1. The average Bonchev–Trinajstić information content (AvgIpc) is 2.63. The number of hydrogen-bond donors (Lipinski definition) is 1. The molecular weight excluding hydrogens is 302 g/mol. The Morgan fingerprint density at radius 3 is 2.33 bits per heavy atom. The zero-order chi connectivity index (χ0) is 16.8. The van der Waals surface area contributed by atoms with E-state index >= 15 is 0 Å². The highest BCUT2D eigenvalue weighted by atomic mass is 16.4. The molecule has 5 nitrogen and oxygen atoms in total. The van der Waals surface area contributed by atoms with Crippen LogP contribution in [0.3, 0.4) is 0 Å². The fourth-order valence-electron chi connectivity index (χ4n) is 2.42. The lowest BCUT2D eigenvalue weighted by atomic mass is 9.97. The third kappa shape index (κ3) is 3.89. The van der Waals surface area contributed by atoms with Crippen molar-refractivity contribution in [2.45, 2.75) is 6.42 Å². The quantitative estimate of drug-likeness (QED) is 0.731. The molecule has 3 aromatic rings. The molecule has 0 aliphatic carbocycles. The van der Waals surface area contributed by atoms with E-state index < -0.39 is 5.97 Å². The molecule has 1 N–H and O–H groups in total. The second-order valence-electron chi connectivity index (χ2n) is 5.25. The maximum Gasteiger partial charge on any atom is 0.328 e. The SMILES string of the molecule is O=C(O)/C=C(/Cc1ccc(-c2cncnc2)cc1)c1cccnc1. The maximum absolute atomic E-state index is 11.1. The second kappa shape index (κ2) is 7.28. The number of rotatable bonds is 5. The summed E-state index contributed by atoms with van der Waals surface area (Å²) >= 11 is 0. The molecule has 118 valence electrons. The van der Waals surface area contributed by atoms with Gasteiger partial charge in [-0.2, -0.15) is 0 Å². The summed E-state index contributed by atoms with van der Waals surface area (Å²) in [5, 5.41) is 9.11. The Bertz CT molecular complexity index is 845. The van der Waals surface area contributed by atoms with Crippen LogP contribution >= 0.6 is 0 Å². The van der Waals surface area contributed by atoms with Gasteiger partial charge in [-0.1, -0.05) is 30.3 Å². The van der Waals surface area contributed by atoms with E-state index in [1.54, 1.807) is 30.9 Å². The van der Waals surface area contributed by atoms with Gasteiger partial charge >= 0.3 is 5.97 Å². The van der Waals surface area contributed by atoms with Crippen LogP contribution < -0.4 is 0 Å². The van der Waals surface area contributed by atoms with Crippen LogP contribution in [0.4, 0.5) is 0 Å². The Balaban J connectivity index is 1.84. The van der Waals surface area contributed by atoms with Crippen LogP contribution in [0.5, 0.6) is 0 Å². The average molecular weight is 317 g/mol. The first kappa shape index (κ1) is 15.6. The molecule has 0 atom stereocenters. The van der Waals surface area contributed by atoms with Crippen LogP contribution in [0.15, 0.2) is 73.6 Å². The molecule has 0 unspecified atom stereocenters. The van der Waals surface area contributed by atoms with E-state index in [0.29, 0.717) is 12.0 Å². The number of pyridine rings is 1. The van der Waals surface area contributed by atoms with E-state index in [0.717, 1.165) is 22.3 Å². The van der Waals surface area contributed by atoms with Crippen molar-refractivity contribution in [1.29, 1.82) is 0 Å². The molecule has 2 aromatic heterocycles. The number of carboxylic acids is 1. The number of carboxylic acid groups (broad SMARTS) is 1. The molecule has 0 amide bonds. The molecule has 0 saturated carbocycles. The van der Waals surface area contributed by atoms with Crippen LogP contribution in [0.25, 0.3) is 16.7 Å². The Morgan fingerprint density at radius 2 is 1.71 bits per heavy atom. The third-order valence-corrected chi connectivity index (χ3v) is 3.57. The number of nitrogens with zero attached hydrogens (tertiary/aromatic N) is 3. The minimum atomic E-state index is -0.966. The summed E-state index contributed by atoms with van der Waals surface area (Å²) in [5.74, 6) is -0.966. The zero-order valence-electron chi connectivity index (χ0n) is 12.8. The summed E-state index contributed by atoms with van der Waals surface area (Å²) in [6, 6.07) is 11.6. The molecule has 0 aliphatic rings. The Morgan fingerprint density at radius 1 is 0.958 bits per heavy atom. The predicted molar refractivity (Wildman–Crippen MR) is 91.0 cm³/mol. The monoisotopic (exact) mass is 317 g/mol. The lowest BCUT2D eigenvalue weighted by molar-refractivity contribution is -0.131. The normalized spacial score (nSPS) is 11.2. The molecule has 3 rings (SSSR count). The first-order valence-corrected chi connectivity index (χ1v) is 7.40. The number of carbonyl (C=O) groups is 1. The summed E-state index contributed by atoms with van der Waals surface area (Å²) in [7, 11) is 0. The van der Waals surface area contributed by atoms with E-state index in [4.69, 9.17) is 5.11 Å². The van der Waals surface area contributed by atoms with E-state index in [2.05, 4.69) is 15.0 Å². The van der Waals surface area contributed by atoms with Gasteiger partial charge in [0.2, 0.25) is 0 Å². The molecule has 0 spiro atoms. The van der Waals surface area contributed by atoms with Crippen molar-refractivity contribution in [3.63, 3.8) is 0 Å². The standard InChI is InChI=1S/C19H15N3O2/c23-19(24)9-17(16-2-1-7-20-10-16)8-14-3-5-15(6-4-14)18-11-21-13-22-12-18/h1-7,9-13H,8H2,(H,23,24)/b17-9-. The molecule has 1 aromatic carbocycles. The van der Waals surface area contributed by atoms with Gasteiger partial charge in [0.25, 0.3) is 0 Å². The molecule has 0 bridgehead atoms. The van der Waals surface area contributed by atoms with E-state index in [1.807, 2.05) is 30.3 Å². The molecule has 0 saturated heterocycles. The number of hydrogen-bond acceptors (Lipinski definition) is 4.